The van der Waals surface area contributed by atoms with Gasteiger partial charge < -0.3 is 9.84 Å². The lowest BCUT2D eigenvalue weighted by Gasteiger charge is -2.03. The molecule has 0 saturated carbocycles. The molecule has 2 aromatic carbocycles. The third kappa shape index (κ3) is 4.81. The van der Waals surface area contributed by atoms with Gasteiger partial charge in [-0.3, -0.25) is 0 Å². The van der Waals surface area contributed by atoms with Crippen molar-refractivity contribution in [3.63, 3.8) is 0 Å². The molecule has 0 aliphatic rings. The maximum Gasteiger partial charge on any atom is 0.119 e. The van der Waals surface area contributed by atoms with Gasteiger partial charge in [0.25, 0.3) is 0 Å². The van der Waals surface area contributed by atoms with Crippen LogP contribution in [0.5, 0.6) is 11.5 Å². The van der Waals surface area contributed by atoms with Crippen LogP contribution in [0.25, 0.3) is 12.2 Å². The molecule has 0 spiro atoms. The third-order valence-electron chi connectivity index (χ3n) is 2.67. The lowest BCUT2D eigenvalue weighted by molar-refractivity contribution is 0.414. The van der Waals surface area contributed by atoms with Crippen molar-refractivity contribution in [2.45, 2.75) is 20.8 Å². The second-order valence-electron chi connectivity index (χ2n) is 4.21. The standard InChI is InChI=1S/C16H16O2.C2H6/c1-12-9-14(11-16(10-12)18-2)4-3-13-5-7-15(17)8-6-13;1-2/h3-11,17H,1-2H3;1-2H3/b4-3+;. The number of aromatic hydroxyl groups is 1. The van der Waals surface area contributed by atoms with E-state index in [0.717, 1.165) is 16.9 Å². The van der Waals surface area contributed by atoms with E-state index in [1.165, 1.54) is 5.56 Å². The molecule has 0 unspecified atom stereocenters. The smallest absolute Gasteiger partial charge is 0.119 e. The molecule has 0 aliphatic heterocycles. The quantitative estimate of drug-likeness (QED) is 0.803. The maximum absolute atomic E-state index is 9.21. The van der Waals surface area contributed by atoms with Crippen LogP contribution in [0, 0.1) is 6.92 Å². The fourth-order valence-electron chi connectivity index (χ4n) is 1.77. The summed E-state index contributed by atoms with van der Waals surface area (Å²) in [6.45, 7) is 6.04. The van der Waals surface area contributed by atoms with E-state index in [-0.39, 0.29) is 5.75 Å². The van der Waals surface area contributed by atoms with Crippen molar-refractivity contribution in [1.82, 2.24) is 0 Å². The Labute approximate surface area is 121 Å². The SMILES string of the molecule is CC.COc1cc(C)cc(/C=C/c2ccc(O)cc2)c1. The number of rotatable bonds is 3. The van der Waals surface area contributed by atoms with E-state index in [1.54, 1.807) is 19.2 Å². The number of phenols is 1. The van der Waals surface area contributed by atoms with Crippen LogP contribution < -0.4 is 4.74 Å². The molecule has 0 fully saturated rings. The zero-order valence-corrected chi connectivity index (χ0v) is 12.6. The average Bonchev–Trinajstić information content (AvgIpc) is 2.48. The Kier molecular flexibility index (Phi) is 6.38. The van der Waals surface area contributed by atoms with Gasteiger partial charge in [-0.2, -0.15) is 0 Å². The molecule has 0 amide bonds. The molecular weight excluding hydrogens is 248 g/mol. The summed E-state index contributed by atoms with van der Waals surface area (Å²) in [6.07, 6.45) is 4.04. The third-order valence-corrected chi connectivity index (χ3v) is 2.67. The van der Waals surface area contributed by atoms with Gasteiger partial charge in [-0.25, -0.2) is 0 Å². The summed E-state index contributed by atoms with van der Waals surface area (Å²) >= 11 is 0. The number of ether oxygens (including phenoxy) is 1. The van der Waals surface area contributed by atoms with E-state index in [1.807, 2.05) is 57.2 Å². The van der Waals surface area contributed by atoms with Gasteiger partial charge in [-0.05, 0) is 47.9 Å². The van der Waals surface area contributed by atoms with Crippen molar-refractivity contribution >= 4 is 12.2 Å². The highest BCUT2D eigenvalue weighted by Gasteiger charge is 1.96. The van der Waals surface area contributed by atoms with Crippen LogP contribution in [0.1, 0.15) is 30.5 Å². The van der Waals surface area contributed by atoms with E-state index < -0.39 is 0 Å². The molecule has 2 nitrogen and oxygen atoms in total. The van der Waals surface area contributed by atoms with Gasteiger partial charge in [0.15, 0.2) is 0 Å². The van der Waals surface area contributed by atoms with E-state index in [9.17, 15) is 5.11 Å². The number of hydrogen-bond acceptors (Lipinski definition) is 2. The van der Waals surface area contributed by atoms with Crippen LogP contribution in [0.15, 0.2) is 42.5 Å². The Morgan fingerprint density at radius 1 is 0.900 bits per heavy atom. The molecule has 20 heavy (non-hydrogen) atoms. The summed E-state index contributed by atoms with van der Waals surface area (Å²) in [7, 11) is 1.67. The first-order valence-corrected chi connectivity index (χ1v) is 6.80. The molecule has 2 aromatic rings. The summed E-state index contributed by atoms with van der Waals surface area (Å²) in [5, 5.41) is 9.21. The second-order valence-corrected chi connectivity index (χ2v) is 4.21. The molecule has 0 aliphatic carbocycles. The maximum atomic E-state index is 9.21. The van der Waals surface area contributed by atoms with Crippen molar-refractivity contribution < 1.29 is 9.84 Å². The lowest BCUT2D eigenvalue weighted by Crippen LogP contribution is -1.85. The first-order chi connectivity index (χ1) is 9.67. The number of benzene rings is 2. The zero-order chi connectivity index (χ0) is 15.0. The van der Waals surface area contributed by atoms with Crippen molar-refractivity contribution in [1.29, 1.82) is 0 Å². The summed E-state index contributed by atoms with van der Waals surface area (Å²) in [5.74, 6) is 1.14. The molecule has 0 saturated heterocycles. The molecule has 0 atom stereocenters. The molecular formula is C18H22O2. The zero-order valence-electron chi connectivity index (χ0n) is 12.6. The average molecular weight is 270 g/mol. The normalized spacial score (nSPS) is 10.0. The lowest BCUT2D eigenvalue weighted by atomic mass is 10.1. The summed E-state index contributed by atoms with van der Waals surface area (Å²) in [6, 6.07) is 13.2. The highest BCUT2D eigenvalue weighted by molar-refractivity contribution is 5.70. The summed E-state index contributed by atoms with van der Waals surface area (Å²) in [4.78, 5) is 0. The van der Waals surface area contributed by atoms with E-state index in [2.05, 4.69) is 6.07 Å². The summed E-state index contributed by atoms with van der Waals surface area (Å²) in [5.41, 5.74) is 3.31. The number of methoxy groups -OCH3 is 1. The highest BCUT2D eigenvalue weighted by Crippen LogP contribution is 2.19. The Hall–Kier alpha value is -2.22. The minimum atomic E-state index is 0.282. The second kappa shape index (κ2) is 8.05. The molecule has 0 bridgehead atoms. The van der Waals surface area contributed by atoms with Gasteiger partial charge >= 0.3 is 0 Å². The predicted octanol–water partition coefficient (Wildman–Crippen LogP) is 4.91. The molecule has 2 heteroatoms. The first-order valence-electron chi connectivity index (χ1n) is 6.80. The fourth-order valence-corrected chi connectivity index (χ4v) is 1.77. The minimum Gasteiger partial charge on any atom is -0.508 e. The number of phenolic OH excluding ortho intramolecular Hbond substituents is 1. The van der Waals surface area contributed by atoms with Gasteiger partial charge in [0.2, 0.25) is 0 Å². The van der Waals surface area contributed by atoms with Crippen LogP contribution in [0.3, 0.4) is 0 Å². The van der Waals surface area contributed by atoms with Crippen LogP contribution in [-0.4, -0.2) is 12.2 Å². The van der Waals surface area contributed by atoms with Crippen molar-refractivity contribution in [2.75, 3.05) is 7.11 Å². The molecule has 1 N–H and O–H groups in total. The van der Waals surface area contributed by atoms with Gasteiger partial charge in [0, 0.05) is 0 Å². The van der Waals surface area contributed by atoms with Gasteiger partial charge in [0.1, 0.15) is 11.5 Å². The first kappa shape index (κ1) is 15.8. The van der Waals surface area contributed by atoms with Crippen LogP contribution in [0.2, 0.25) is 0 Å². The van der Waals surface area contributed by atoms with Crippen molar-refractivity contribution in [2.24, 2.45) is 0 Å². The van der Waals surface area contributed by atoms with Crippen molar-refractivity contribution in [3.05, 3.63) is 59.2 Å². The predicted molar refractivity (Wildman–Crippen MR) is 86.1 cm³/mol. The Morgan fingerprint density at radius 3 is 2.10 bits per heavy atom. The summed E-state index contributed by atoms with van der Waals surface area (Å²) < 4.78 is 5.24. The Balaban J connectivity index is 0.000000956. The van der Waals surface area contributed by atoms with E-state index in [4.69, 9.17) is 4.74 Å². The fraction of sp³-hybridized carbons (Fsp3) is 0.222. The largest absolute Gasteiger partial charge is 0.508 e. The van der Waals surface area contributed by atoms with E-state index >= 15 is 0 Å². The Bertz CT molecular complexity index is 554. The molecule has 2 rings (SSSR count). The Morgan fingerprint density at radius 2 is 1.50 bits per heavy atom. The van der Waals surface area contributed by atoms with Crippen LogP contribution in [0.4, 0.5) is 0 Å². The van der Waals surface area contributed by atoms with Gasteiger partial charge in [-0.1, -0.05) is 44.2 Å². The number of hydrogen-bond donors (Lipinski definition) is 1. The van der Waals surface area contributed by atoms with Crippen molar-refractivity contribution in [3.8, 4) is 11.5 Å². The van der Waals surface area contributed by atoms with Gasteiger partial charge in [0.05, 0.1) is 7.11 Å². The van der Waals surface area contributed by atoms with Gasteiger partial charge in [-0.15, -0.1) is 0 Å². The molecule has 106 valence electrons. The topological polar surface area (TPSA) is 29.5 Å². The number of aryl methyl sites for hydroxylation is 1. The van der Waals surface area contributed by atoms with E-state index in [0.29, 0.717) is 0 Å². The molecule has 0 radical (unpaired) electrons. The van der Waals surface area contributed by atoms with Crippen LogP contribution in [-0.2, 0) is 0 Å². The monoisotopic (exact) mass is 270 g/mol. The highest BCUT2D eigenvalue weighted by atomic mass is 16.5. The molecule has 0 aromatic heterocycles. The minimum absolute atomic E-state index is 0.282. The van der Waals surface area contributed by atoms with Crippen LogP contribution >= 0.6 is 0 Å². The molecule has 0 heterocycles.